The third-order valence-electron chi connectivity index (χ3n) is 6.99. The van der Waals surface area contributed by atoms with E-state index in [1.54, 1.807) is 36.4 Å². The van der Waals surface area contributed by atoms with Crippen LogP contribution in [0.15, 0.2) is 91.5 Å². The van der Waals surface area contributed by atoms with E-state index < -0.39 is 0 Å². The second-order valence-corrected chi connectivity index (χ2v) is 10.5. The monoisotopic (exact) mass is 552 g/mol. The van der Waals surface area contributed by atoms with Gasteiger partial charge in [0.15, 0.2) is 5.78 Å². The summed E-state index contributed by atoms with van der Waals surface area (Å²) in [6, 6.07) is 24.5. The van der Waals surface area contributed by atoms with Gasteiger partial charge in [0.1, 0.15) is 11.5 Å². The average Bonchev–Trinajstić information content (AvgIpc) is 2.99. The van der Waals surface area contributed by atoms with E-state index in [1.807, 2.05) is 49.4 Å². The van der Waals surface area contributed by atoms with Gasteiger partial charge in [0.2, 0.25) is 0 Å². The van der Waals surface area contributed by atoms with E-state index in [0.29, 0.717) is 17.7 Å². The number of rotatable bonds is 19. The molecule has 0 aliphatic carbocycles. The number of hydrogen-bond acceptors (Lipinski definition) is 4. The maximum atomic E-state index is 12.2. The Hall–Kier alpha value is -3.92. The van der Waals surface area contributed by atoms with Gasteiger partial charge in [0.05, 0.1) is 6.61 Å². The van der Waals surface area contributed by atoms with Gasteiger partial charge in [-0.05, 0) is 61.2 Å². The molecule has 0 unspecified atom stereocenters. The number of carbonyl (C=O) groups is 2. The molecule has 0 aromatic heterocycles. The molecule has 3 rings (SSSR count). The number of benzene rings is 3. The maximum Gasteiger partial charge on any atom is 0.311 e. The Morgan fingerprint density at radius 1 is 0.659 bits per heavy atom. The van der Waals surface area contributed by atoms with Gasteiger partial charge in [0.25, 0.3) is 0 Å². The van der Waals surface area contributed by atoms with Gasteiger partial charge in [-0.1, -0.05) is 124 Å². The molecule has 0 amide bonds. The number of hydrogen-bond donors (Lipinski definition) is 0. The Bertz CT molecular complexity index is 1220. The average molecular weight is 553 g/mol. The van der Waals surface area contributed by atoms with Crippen molar-refractivity contribution in [2.24, 2.45) is 0 Å². The van der Waals surface area contributed by atoms with Gasteiger partial charge in [-0.15, -0.1) is 0 Å². The van der Waals surface area contributed by atoms with Crippen molar-refractivity contribution >= 4 is 23.4 Å². The van der Waals surface area contributed by atoms with E-state index in [2.05, 4.69) is 18.7 Å². The van der Waals surface area contributed by atoms with Crippen molar-refractivity contribution in [1.29, 1.82) is 0 Å². The molecular weight excluding hydrogens is 508 g/mol. The van der Waals surface area contributed by atoms with Crippen LogP contribution in [-0.4, -0.2) is 18.4 Å². The largest absolute Gasteiger partial charge is 0.494 e. The summed E-state index contributed by atoms with van der Waals surface area (Å²) in [4.78, 5) is 24.4. The molecule has 0 atom stereocenters. The van der Waals surface area contributed by atoms with Crippen molar-refractivity contribution in [3.8, 4) is 11.5 Å². The molecule has 4 heteroatoms. The Morgan fingerprint density at radius 3 is 1.83 bits per heavy atom. The topological polar surface area (TPSA) is 52.6 Å². The molecule has 0 heterocycles. The van der Waals surface area contributed by atoms with Gasteiger partial charge >= 0.3 is 5.97 Å². The zero-order valence-electron chi connectivity index (χ0n) is 24.5. The Morgan fingerprint density at radius 2 is 1.22 bits per heavy atom. The number of carbonyl (C=O) groups excluding carboxylic acids is 2. The first-order valence-corrected chi connectivity index (χ1v) is 15.0. The first kappa shape index (κ1) is 31.6. The standard InChI is InChI=1S/C37H44O4/c1-30(2)32-22-26-34(27-23-32)40-29-15-10-8-6-4-3-5-7-9-14-18-37(39)41-35-24-19-31(20-25-35)21-28-36(38)33-16-12-11-13-17-33/h11-13,16-17,19-28H,1,3-10,14-15,18,29H2,2H3. The van der Waals surface area contributed by atoms with Crippen LogP contribution in [0.1, 0.15) is 99.0 Å². The molecule has 0 fully saturated rings. The molecule has 0 spiro atoms. The number of ether oxygens (including phenoxy) is 2. The molecule has 3 aromatic rings. The lowest BCUT2D eigenvalue weighted by Gasteiger charge is -2.07. The molecule has 3 aromatic carbocycles. The smallest absolute Gasteiger partial charge is 0.311 e. The van der Waals surface area contributed by atoms with Crippen LogP contribution in [0.2, 0.25) is 0 Å². The van der Waals surface area contributed by atoms with Crippen molar-refractivity contribution in [2.75, 3.05) is 6.61 Å². The molecule has 0 N–H and O–H groups in total. The van der Waals surface area contributed by atoms with E-state index in [1.165, 1.54) is 38.5 Å². The highest BCUT2D eigenvalue weighted by Crippen LogP contribution is 2.18. The van der Waals surface area contributed by atoms with E-state index in [4.69, 9.17) is 9.47 Å². The van der Waals surface area contributed by atoms with Crippen molar-refractivity contribution in [1.82, 2.24) is 0 Å². The van der Waals surface area contributed by atoms with E-state index in [-0.39, 0.29) is 11.8 Å². The van der Waals surface area contributed by atoms with E-state index >= 15 is 0 Å². The molecule has 0 saturated heterocycles. The summed E-state index contributed by atoms with van der Waals surface area (Å²) >= 11 is 0. The van der Waals surface area contributed by atoms with Gasteiger partial charge in [0, 0.05) is 12.0 Å². The molecule has 0 aliphatic heterocycles. The summed E-state index contributed by atoms with van der Waals surface area (Å²) in [5, 5.41) is 0. The van der Waals surface area contributed by atoms with Gasteiger partial charge in [-0.3, -0.25) is 9.59 Å². The van der Waals surface area contributed by atoms with Crippen LogP contribution in [0.25, 0.3) is 11.6 Å². The molecule has 4 nitrogen and oxygen atoms in total. The summed E-state index contributed by atoms with van der Waals surface area (Å²) < 4.78 is 11.3. The van der Waals surface area contributed by atoms with Gasteiger partial charge in [-0.2, -0.15) is 0 Å². The summed E-state index contributed by atoms with van der Waals surface area (Å²) in [5.74, 6) is 1.23. The summed E-state index contributed by atoms with van der Waals surface area (Å²) in [6.07, 6.45) is 15.4. The number of esters is 1. The van der Waals surface area contributed by atoms with Crippen LogP contribution < -0.4 is 9.47 Å². The highest BCUT2D eigenvalue weighted by Gasteiger charge is 2.05. The highest BCUT2D eigenvalue weighted by atomic mass is 16.5. The second kappa shape index (κ2) is 18.4. The Labute approximate surface area is 246 Å². The van der Waals surface area contributed by atoms with Crippen LogP contribution in [-0.2, 0) is 4.79 Å². The predicted octanol–water partition coefficient (Wildman–Crippen LogP) is 9.89. The third-order valence-corrected chi connectivity index (χ3v) is 6.99. The molecule has 216 valence electrons. The molecule has 0 radical (unpaired) electrons. The highest BCUT2D eigenvalue weighted by molar-refractivity contribution is 6.06. The molecule has 0 bridgehead atoms. The van der Waals surface area contributed by atoms with Crippen molar-refractivity contribution in [3.05, 3.63) is 108 Å². The quantitative estimate of drug-likeness (QED) is 0.0488. The number of allylic oxidation sites excluding steroid dienone is 2. The number of unbranched alkanes of at least 4 members (excludes halogenated alkanes) is 9. The fourth-order valence-corrected chi connectivity index (χ4v) is 4.51. The Kier molecular flexibility index (Phi) is 14.2. The second-order valence-electron chi connectivity index (χ2n) is 10.5. The zero-order chi connectivity index (χ0) is 29.1. The minimum Gasteiger partial charge on any atom is -0.494 e. The van der Waals surface area contributed by atoms with Crippen molar-refractivity contribution < 1.29 is 19.1 Å². The van der Waals surface area contributed by atoms with Crippen LogP contribution >= 0.6 is 0 Å². The first-order chi connectivity index (χ1) is 20.0. The number of ketones is 1. The lowest BCUT2D eigenvalue weighted by molar-refractivity contribution is -0.134. The normalized spacial score (nSPS) is 11.0. The van der Waals surface area contributed by atoms with Crippen LogP contribution in [0.4, 0.5) is 0 Å². The zero-order valence-corrected chi connectivity index (χ0v) is 24.5. The fourth-order valence-electron chi connectivity index (χ4n) is 4.51. The summed E-state index contributed by atoms with van der Waals surface area (Å²) in [6.45, 7) is 6.74. The van der Waals surface area contributed by atoms with Crippen molar-refractivity contribution in [3.63, 3.8) is 0 Å². The third kappa shape index (κ3) is 12.9. The minimum atomic E-state index is -0.194. The fraction of sp³-hybridized carbons (Fsp3) is 0.351. The minimum absolute atomic E-state index is 0.0416. The molecular formula is C37H44O4. The lowest BCUT2D eigenvalue weighted by Crippen LogP contribution is -2.07. The Balaban J connectivity index is 1.14. The van der Waals surface area contributed by atoms with Crippen molar-refractivity contribution in [2.45, 2.75) is 77.6 Å². The van der Waals surface area contributed by atoms with Crippen LogP contribution in [0, 0.1) is 0 Å². The van der Waals surface area contributed by atoms with Crippen LogP contribution in [0.3, 0.4) is 0 Å². The van der Waals surface area contributed by atoms with Gasteiger partial charge in [-0.25, -0.2) is 0 Å². The maximum absolute atomic E-state index is 12.2. The first-order valence-electron chi connectivity index (χ1n) is 15.0. The summed E-state index contributed by atoms with van der Waals surface area (Å²) in [7, 11) is 0. The van der Waals surface area contributed by atoms with E-state index in [0.717, 1.165) is 54.7 Å². The summed E-state index contributed by atoms with van der Waals surface area (Å²) in [5.41, 5.74) is 3.76. The molecule has 0 aliphatic rings. The lowest BCUT2D eigenvalue weighted by atomic mass is 10.1. The van der Waals surface area contributed by atoms with Crippen LogP contribution in [0.5, 0.6) is 11.5 Å². The van der Waals surface area contributed by atoms with Gasteiger partial charge < -0.3 is 9.47 Å². The van der Waals surface area contributed by atoms with E-state index in [9.17, 15) is 9.59 Å². The SMILES string of the molecule is C=C(C)c1ccc(OCCCCCCCCCCCCC(=O)Oc2ccc(C=CC(=O)c3ccccc3)cc2)cc1. The predicted molar refractivity (Wildman–Crippen MR) is 169 cm³/mol. The molecule has 0 saturated carbocycles. The molecule has 41 heavy (non-hydrogen) atoms.